The Hall–Kier alpha value is -2.68. The van der Waals surface area contributed by atoms with Crippen molar-refractivity contribution in [2.75, 3.05) is 5.32 Å². The van der Waals surface area contributed by atoms with E-state index < -0.39 is 24.4 Å². The van der Waals surface area contributed by atoms with E-state index in [1.54, 1.807) is 30.3 Å². The fourth-order valence-corrected chi connectivity index (χ4v) is 1.93. The zero-order chi connectivity index (χ0) is 16.1. The maximum Gasteiger partial charge on any atom is 0.346 e. The predicted molar refractivity (Wildman–Crippen MR) is 74.3 cm³/mol. The molecule has 0 fully saturated rings. The average Bonchev–Trinajstić information content (AvgIpc) is 2.80. The van der Waals surface area contributed by atoms with Gasteiger partial charge in [0.15, 0.2) is 13.1 Å². The second kappa shape index (κ2) is 8.08. The Bertz CT molecular complexity index is 714. The maximum absolute atomic E-state index is 12.2. The zero-order valence-electron chi connectivity index (χ0n) is 11.8. The molecule has 0 atom stereocenters. The number of hydrogen-bond acceptors (Lipinski definition) is 3. The smallest absolute Gasteiger partial charge is 0.346 e. The molecule has 0 aliphatic carbocycles. The molecule has 0 unspecified atom stereocenters. The molecule has 0 aliphatic heterocycles. The SMILES string of the molecule is O=C(O)Cn1c[n+](CC(=O)O)cc1C(=O)Nc1ccccc1.[Br-]. The summed E-state index contributed by atoms with van der Waals surface area (Å²) in [6.45, 7) is -0.803. The van der Waals surface area contributed by atoms with E-state index in [0.717, 1.165) is 0 Å². The minimum Gasteiger partial charge on any atom is -1.00 e. The monoisotopic (exact) mass is 383 g/mol. The molecule has 23 heavy (non-hydrogen) atoms. The molecule has 3 N–H and O–H groups in total. The summed E-state index contributed by atoms with van der Waals surface area (Å²) in [5, 5.41) is 20.3. The third-order valence-corrected chi connectivity index (χ3v) is 2.77. The number of aromatic nitrogens is 2. The minimum atomic E-state index is -1.13. The number of carbonyl (C=O) groups is 3. The molecule has 1 heterocycles. The fraction of sp³-hybridized carbons (Fsp3) is 0.143. The van der Waals surface area contributed by atoms with E-state index >= 15 is 0 Å². The fourth-order valence-electron chi connectivity index (χ4n) is 1.93. The molecule has 0 bridgehead atoms. The number of nitrogens with one attached hydrogen (secondary N) is 1. The molecule has 2 rings (SSSR count). The number of carboxylic acids is 2. The van der Waals surface area contributed by atoms with Crippen LogP contribution in [0.3, 0.4) is 0 Å². The lowest BCUT2D eigenvalue weighted by Gasteiger charge is -2.02. The van der Waals surface area contributed by atoms with Crippen LogP contribution in [-0.2, 0) is 22.7 Å². The van der Waals surface area contributed by atoms with Gasteiger partial charge in [-0.3, -0.25) is 4.79 Å². The molecule has 2 aromatic rings. The zero-order valence-corrected chi connectivity index (χ0v) is 13.4. The second-order valence-corrected chi connectivity index (χ2v) is 4.54. The lowest BCUT2D eigenvalue weighted by Crippen LogP contribution is -3.00. The first kappa shape index (κ1) is 18.4. The number of imidazole rings is 1. The van der Waals surface area contributed by atoms with Gasteiger partial charge in [0.1, 0.15) is 6.20 Å². The number of rotatable bonds is 6. The number of hydrogen-bond donors (Lipinski definition) is 3. The van der Waals surface area contributed by atoms with Crippen molar-refractivity contribution in [1.29, 1.82) is 0 Å². The van der Waals surface area contributed by atoms with Gasteiger partial charge in [-0.05, 0) is 12.1 Å². The van der Waals surface area contributed by atoms with Crippen LogP contribution in [0.1, 0.15) is 10.5 Å². The van der Waals surface area contributed by atoms with Gasteiger partial charge in [-0.2, -0.15) is 0 Å². The second-order valence-electron chi connectivity index (χ2n) is 4.54. The third-order valence-electron chi connectivity index (χ3n) is 2.77. The van der Waals surface area contributed by atoms with Crippen molar-refractivity contribution >= 4 is 23.5 Å². The van der Waals surface area contributed by atoms with E-state index in [2.05, 4.69) is 5.32 Å². The summed E-state index contributed by atoms with van der Waals surface area (Å²) < 4.78 is 2.43. The van der Waals surface area contributed by atoms with E-state index in [0.29, 0.717) is 5.69 Å². The summed E-state index contributed by atoms with van der Waals surface area (Å²) in [7, 11) is 0. The Kier molecular flexibility index (Phi) is 6.46. The van der Waals surface area contributed by atoms with Crippen LogP contribution in [-0.4, -0.2) is 32.6 Å². The molecule has 0 saturated carbocycles. The van der Waals surface area contributed by atoms with E-state index in [4.69, 9.17) is 10.2 Å². The summed E-state index contributed by atoms with van der Waals surface area (Å²) in [4.78, 5) is 33.8. The van der Waals surface area contributed by atoms with Crippen LogP contribution in [0.4, 0.5) is 5.69 Å². The summed E-state index contributed by atoms with van der Waals surface area (Å²) in [6.07, 6.45) is 2.58. The number of carbonyl (C=O) groups excluding carboxylic acids is 1. The van der Waals surface area contributed by atoms with E-state index in [-0.39, 0.29) is 29.2 Å². The van der Waals surface area contributed by atoms with E-state index in [1.807, 2.05) is 0 Å². The molecule has 8 nitrogen and oxygen atoms in total. The molecule has 1 aromatic carbocycles. The highest BCUT2D eigenvalue weighted by molar-refractivity contribution is 6.02. The van der Waals surface area contributed by atoms with Crippen LogP contribution in [0.15, 0.2) is 42.9 Å². The third kappa shape index (κ3) is 5.22. The van der Waals surface area contributed by atoms with Crippen LogP contribution in [0.2, 0.25) is 0 Å². The Balaban J connectivity index is 0.00000264. The van der Waals surface area contributed by atoms with Gasteiger partial charge in [0.25, 0.3) is 5.91 Å². The number of benzene rings is 1. The molecule has 1 amide bonds. The average molecular weight is 384 g/mol. The Labute approximate surface area is 141 Å². The van der Waals surface area contributed by atoms with Crippen molar-refractivity contribution in [3.63, 3.8) is 0 Å². The number of carboxylic acid groups (broad SMARTS) is 2. The van der Waals surface area contributed by atoms with Gasteiger partial charge >= 0.3 is 11.9 Å². The minimum absolute atomic E-state index is 0. The number of anilines is 1. The van der Waals surface area contributed by atoms with Gasteiger partial charge in [-0.25, -0.2) is 18.7 Å². The maximum atomic E-state index is 12.2. The van der Waals surface area contributed by atoms with Gasteiger partial charge in [0.05, 0.1) is 0 Å². The number of para-hydroxylation sites is 1. The summed E-state index contributed by atoms with van der Waals surface area (Å²) >= 11 is 0. The molecule has 122 valence electrons. The van der Waals surface area contributed by atoms with Gasteiger partial charge in [0, 0.05) is 5.69 Å². The summed E-state index contributed by atoms with van der Waals surface area (Å²) in [5.74, 6) is -2.74. The molecule has 0 saturated heterocycles. The van der Waals surface area contributed by atoms with Crippen molar-refractivity contribution in [2.45, 2.75) is 13.1 Å². The molecular formula is C14H14BrN3O5. The van der Waals surface area contributed by atoms with Crippen molar-refractivity contribution in [3.05, 3.63) is 48.5 Å². The van der Waals surface area contributed by atoms with E-state index in [1.165, 1.54) is 21.7 Å². The van der Waals surface area contributed by atoms with Gasteiger partial charge in [-0.1, -0.05) is 18.2 Å². The Morgan fingerprint density at radius 3 is 2.30 bits per heavy atom. The molecule has 0 aliphatic rings. The van der Waals surface area contributed by atoms with Crippen LogP contribution < -0.4 is 26.9 Å². The van der Waals surface area contributed by atoms with Crippen LogP contribution in [0.5, 0.6) is 0 Å². The largest absolute Gasteiger partial charge is 1.00 e. The first-order chi connectivity index (χ1) is 10.5. The molecule has 1 aromatic heterocycles. The first-order valence-corrected chi connectivity index (χ1v) is 6.35. The molecular weight excluding hydrogens is 370 g/mol. The van der Waals surface area contributed by atoms with Crippen LogP contribution >= 0.6 is 0 Å². The van der Waals surface area contributed by atoms with Crippen molar-refractivity contribution < 1.29 is 46.1 Å². The number of aliphatic carboxylic acids is 2. The first-order valence-electron chi connectivity index (χ1n) is 6.35. The van der Waals surface area contributed by atoms with E-state index in [9.17, 15) is 14.4 Å². The Morgan fingerprint density at radius 1 is 1.09 bits per heavy atom. The lowest BCUT2D eigenvalue weighted by atomic mass is 10.3. The van der Waals surface area contributed by atoms with Gasteiger partial charge in [-0.15, -0.1) is 0 Å². The quantitative estimate of drug-likeness (QED) is 0.466. The highest BCUT2D eigenvalue weighted by Crippen LogP contribution is 2.08. The van der Waals surface area contributed by atoms with Gasteiger partial charge in [0.2, 0.25) is 12.0 Å². The predicted octanol–water partition coefficient (Wildman–Crippen LogP) is -2.80. The number of amides is 1. The van der Waals surface area contributed by atoms with Gasteiger partial charge < -0.3 is 32.5 Å². The highest BCUT2D eigenvalue weighted by atomic mass is 79.9. The Morgan fingerprint density at radius 2 is 1.74 bits per heavy atom. The highest BCUT2D eigenvalue weighted by Gasteiger charge is 2.23. The molecule has 9 heteroatoms. The lowest BCUT2D eigenvalue weighted by molar-refractivity contribution is -0.685. The van der Waals surface area contributed by atoms with Crippen molar-refractivity contribution in [2.24, 2.45) is 0 Å². The standard InChI is InChI=1S/C14H13N3O5.BrH/c18-12(19)7-16-6-11(17(9-16)8-13(20)21)14(22)15-10-4-2-1-3-5-10;/h1-6,9H,7-8H2,(H2-,15,18,19,20,21,22);1H. The molecule has 0 spiro atoms. The van der Waals surface area contributed by atoms with Crippen LogP contribution in [0.25, 0.3) is 0 Å². The number of nitrogens with zero attached hydrogens (tertiary/aromatic N) is 2. The summed E-state index contributed by atoms with van der Waals surface area (Å²) in [5.41, 5.74) is 0.618. The van der Waals surface area contributed by atoms with Crippen LogP contribution in [0, 0.1) is 0 Å². The normalized spacial score (nSPS) is 9.74. The topological polar surface area (TPSA) is 113 Å². The number of halogens is 1. The molecule has 0 radical (unpaired) electrons. The van der Waals surface area contributed by atoms with Crippen molar-refractivity contribution in [3.8, 4) is 0 Å². The summed E-state index contributed by atoms with van der Waals surface area (Å²) in [6, 6.07) is 8.66. The van der Waals surface area contributed by atoms with Crippen molar-refractivity contribution in [1.82, 2.24) is 4.57 Å².